The van der Waals surface area contributed by atoms with Gasteiger partial charge in [0.2, 0.25) is 6.33 Å². The highest BCUT2D eigenvalue weighted by molar-refractivity contribution is 5.90. The smallest absolute Gasteiger partial charge is 0.381 e. The first-order chi connectivity index (χ1) is 8.09. The van der Waals surface area contributed by atoms with E-state index in [2.05, 4.69) is 15.2 Å². The molecule has 2 rings (SSSR count). The minimum absolute atomic E-state index is 0.0272. The van der Waals surface area contributed by atoms with E-state index in [0.29, 0.717) is 0 Å². The Morgan fingerprint density at radius 3 is 2.88 bits per heavy atom. The third kappa shape index (κ3) is 1.93. The molecule has 2 aromatic rings. The van der Waals surface area contributed by atoms with Gasteiger partial charge in [0.15, 0.2) is 5.82 Å². The van der Waals surface area contributed by atoms with Crippen molar-refractivity contribution in [3.05, 3.63) is 40.5 Å². The molecule has 17 heavy (non-hydrogen) atoms. The molecule has 0 spiro atoms. The van der Waals surface area contributed by atoms with Crippen LogP contribution >= 0.6 is 0 Å². The Hall–Kier alpha value is -2.84. The van der Waals surface area contributed by atoms with Gasteiger partial charge in [0.1, 0.15) is 11.8 Å². The number of aromatic nitrogens is 4. The quantitative estimate of drug-likeness (QED) is 0.597. The molecule has 1 N–H and O–H groups in total. The summed E-state index contributed by atoms with van der Waals surface area (Å²) in [5.74, 6) is -1.63. The van der Waals surface area contributed by atoms with E-state index in [1.807, 2.05) is 0 Å². The van der Waals surface area contributed by atoms with Gasteiger partial charge in [-0.05, 0) is 16.0 Å². The van der Waals surface area contributed by atoms with Gasteiger partial charge in [-0.25, -0.2) is 4.79 Å². The van der Waals surface area contributed by atoms with E-state index in [-0.39, 0.29) is 11.4 Å². The van der Waals surface area contributed by atoms with Crippen LogP contribution in [0.1, 0.15) is 10.4 Å². The van der Waals surface area contributed by atoms with Crippen LogP contribution in [0.2, 0.25) is 0 Å². The lowest BCUT2D eigenvalue weighted by molar-refractivity contribution is -0.389. The van der Waals surface area contributed by atoms with Gasteiger partial charge in [-0.1, -0.05) is 0 Å². The zero-order valence-corrected chi connectivity index (χ0v) is 8.22. The number of hydrogen-bond donors (Lipinski definition) is 1. The summed E-state index contributed by atoms with van der Waals surface area (Å²) < 4.78 is 1.13. The van der Waals surface area contributed by atoms with Crippen LogP contribution in [0.3, 0.4) is 0 Å². The molecule has 0 bridgehead atoms. The van der Waals surface area contributed by atoms with Crippen LogP contribution in [0.5, 0.6) is 0 Å². The summed E-state index contributed by atoms with van der Waals surface area (Å²) in [6.45, 7) is 0. The van der Waals surface area contributed by atoms with Crippen LogP contribution in [-0.2, 0) is 0 Å². The number of nitrogens with zero attached hydrogens (tertiary/aromatic N) is 5. The summed E-state index contributed by atoms with van der Waals surface area (Å²) in [4.78, 5) is 24.2. The third-order valence-electron chi connectivity index (χ3n) is 1.93. The third-order valence-corrected chi connectivity index (χ3v) is 1.93. The first kappa shape index (κ1) is 10.7. The predicted molar refractivity (Wildman–Crippen MR) is 52.8 cm³/mol. The largest absolute Gasteiger partial charge is 0.478 e. The Morgan fingerprint density at radius 1 is 1.53 bits per heavy atom. The maximum Gasteiger partial charge on any atom is 0.381 e. The molecule has 0 fully saturated rings. The van der Waals surface area contributed by atoms with E-state index < -0.39 is 16.7 Å². The van der Waals surface area contributed by atoms with Crippen LogP contribution < -0.4 is 0 Å². The van der Waals surface area contributed by atoms with Gasteiger partial charge in [0, 0.05) is 0 Å². The lowest BCUT2D eigenvalue weighted by Gasteiger charge is -2.01. The van der Waals surface area contributed by atoms with E-state index in [4.69, 9.17) is 5.11 Å². The number of hydrogen-bond acceptors (Lipinski definition) is 6. The number of imidazole rings is 1. The molecule has 0 atom stereocenters. The molecule has 0 aliphatic heterocycles. The highest BCUT2D eigenvalue weighted by Crippen LogP contribution is 2.14. The molecule has 0 saturated carbocycles. The summed E-state index contributed by atoms with van der Waals surface area (Å²) in [6.07, 6.45) is 3.39. The lowest BCUT2D eigenvalue weighted by Crippen LogP contribution is -2.07. The summed E-state index contributed by atoms with van der Waals surface area (Å²) >= 11 is 0. The minimum Gasteiger partial charge on any atom is -0.478 e. The monoisotopic (exact) mass is 235 g/mol. The molecule has 86 valence electrons. The Labute approximate surface area is 93.5 Å². The highest BCUT2D eigenvalue weighted by atomic mass is 16.6. The van der Waals surface area contributed by atoms with Crippen molar-refractivity contribution in [2.45, 2.75) is 0 Å². The zero-order chi connectivity index (χ0) is 12.4. The first-order valence-electron chi connectivity index (χ1n) is 4.33. The van der Waals surface area contributed by atoms with Crippen molar-refractivity contribution in [3.8, 4) is 5.82 Å². The van der Waals surface area contributed by atoms with Gasteiger partial charge in [-0.15, -0.1) is 5.10 Å². The van der Waals surface area contributed by atoms with Crippen LogP contribution in [0.25, 0.3) is 5.82 Å². The second-order valence-electron chi connectivity index (χ2n) is 2.97. The molecule has 9 heteroatoms. The average Bonchev–Trinajstić information content (AvgIpc) is 2.78. The Morgan fingerprint density at radius 2 is 2.29 bits per heavy atom. The molecule has 0 aromatic carbocycles. The number of carboxylic acids is 1. The fraction of sp³-hybridized carbons (Fsp3) is 0. The molecular weight excluding hydrogens is 230 g/mol. The SMILES string of the molecule is O=C(O)c1ccnnc1-n1cnc([N+](=O)[O-])c1. The predicted octanol–water partition coefficient (Wildman–Crippen LogP) is 0.269. The lowest BCUT2D eigenvalue weighted by atomic mass is 10.3. The van der Waals surface area contributed by atoms with Crippen molar-refractivity contribution < 1.29 is 14.8 Å². The summed E-state index contributed by atoms with van der Waals surface area (Å²) in [5, 5.41) is 26.5. The first-order valence-corrected chi connectivity index (χ1v) is 4.33. The van der Waals surface area contributed by atoms with Crippen LogP contribution in [-0.4, -0.2) is 35.7 Å². The van der Waals surface area contributed by atoms with E-state index in [0.717, 1.165) is 17.1 Å². The van der Waals surface area contributed by atoms with Crippen molar-refractivity contribution in [2.75, 3.05) is 0 Å². The van der Waals surface area contributed by atoms with Crippen molar-refractivity contribution in [2.24, 2.45) is 0 Å². The fourth-order valence-electron chi connectivity index (χ4n) is 1.20. The normalized spacial score (nSPS) is 10.1. The molecule has 9 nitrogen and oxygen atoms in total. The van der Waals surface area contributed by atoms with Crippen molar-refractivity contribution in [1.29, 1.82) is 0 Å². The number of carboxylic acid groups (broad SMARTS) is 1. The van der Waals surface area contributed by atoms with Gasteiger partial charge in [-0.3, -0.25) is 4.57 Å². The summed E-state index contributed by atoms with van der Waals surface area (Å²) in [7, 11) is 0. The Bertz CT molecular complexity index is 593. The van der Waals surface area contributed by atoms with Crippen LogP contribution in [0.4, 0.5) is 5.82 Å². The van der Waals surface area contributed by atoms with E-state index in [1.54, 1.807) is 0 Å². The van der Waals surface area contributed by atoms with E-state index in [1.165, 1.54) is 12.3 Å². The van der Waals surface area contributed by atoms with Gasteiger partial charge < -0.3 is 15.2 Å². The van der Waals surface area contributed by atoms with Crippen LogP contribution in [0, 0.1) is 10.1 Å². The van der Waals surface area contributed by atoms with Crippen molar-refractivity contribution in [1.82, 2.24) is 19.7 Å². The van der Waals surface area contributed by atoms with Crippen LogP contribution in [0.15, 0.2) is 24.8 Å². The highest BCUT2D eigenvalue weighted by Gasteiger charge is 2.17. The molecule has 2 aromatic heterocycles. The number of aromatic carboxylic acids is 1. The second kappa shape index (κ2) is 3.96. The molecular formula is C8H5N5O4. The van der Waals surface area contributed by atoms with Gasteiger partial charge in [0.05, 0.1) is 6.20 Å². The van der Waals surface area contributed by atoms with Gasteiger partial charge >= 0.3 is 11.8 Å². The molecule has 2 heterocycles. The molecule has 0 aliphatic carbocycles. The molecule has 0 aliphatic rings. The summed E-state index contributed by atoms with van der Waals surface area (Å²) in [5.41, 5.74) is -0.118. The fourth-order valence-corrected chi connectivity index (χ4v) is 1.20. The average molecular weight is 235 g/mol. The van der Waals surface area contributed by atoms with Gasteiger partial charge in [-0.2, -0.15) is 5.10 Å². The van der Waals surface area contributed by atoms with Crippen molar-refractivity contribution in [3.63, 3.8) is 0 Å². The maximum atomic E-state index is 10.9. The Kier molecular flexibility index (Phi) is 2.49. The Balaban J connectivity index is 2.52. The topological polar surface area (TPSA) is 124 Å². The second-order valence-corrected chi connectivity index (χ2v) is 2.97. The molecule has 0 amide bonds. The molecule has 0 unspecified atom stereocenters. The molecule has 0 radical (unpaired) electrons. The molecule has 0 saturated heterocycles. The maximum absolute atomic E-state index is 10.9. The van der Waals surface area contributed by atoms with E-state index >= 15 is 0 Å². The summed E-state index contributed by atoms with van der Waals surface area (Å²) in [6, 6.07) is 1.25. The standard InChI is InChI=1S/C8H5N5O4/c14-8(15)5-1-2-10-11-7(5)12-3-6(9-4-12)13(16)17/h1-4H,(H,14,15). The zero-order valence-electron chi connectivity index (χ0n) is 8.22. The minimum atomic E-state index is -1.20. The number of carbonyl (C=O) groups is 1. The van der Waals surface area contributed by atoms with Gasteiger partial charge in [0.25, 0.3) is 0 Å². The number of nitro groups is 1. The van der Waals surface area contributed by atoms with E-state index in [9.17, 15) is 14.9 Å². The van der Waals surface area contributed by atoms with Crippen molar-refractivity contribution >= 4 is 11.8 Å². The number of rotatable bonds is 3.